The largest absolute Gasteiger partial charge is 0.402 e. The van der Waals surface area contributed by atoms with Gasteiger partial charge in [0, 0.05) is 6.07 Å². The van der Waals surface area contributed by atoms with Crippen LogP contribution in [-0.4, -0.2) is 20.7 Å². The van der Waals surface area contributed by atoms with Gasteiger partial charge < -0.3 is 4.74 Å². The van der Waals surface area contributed by atoms with Gasteiger partial charge in [0.05, 0.1) is 31.7 Å². The third-order valence-corrected chi connectivity index (χ3v) is 5.73. The van der Waals surface area contributed by atoms with Crippen LogP contribution in [0.25, 0.3) is 5.69 Å². The van der Waals surface area contributed by atoms with Crippen molar-refractivity contribution in [3.05, 3.63) is 106 Å². The van der Waals surface area contributed by atoms with Gasteiger partial charge in [-0.3, -0.25) is 10.1 Å². The van der Waals surface area contributed by atoms with E-state index in [1.165, 1.54) is 28.9 Å². The van der Waals surface area contributed by atoms with Gasteiger partial charge in [0.25, 0.3) is 5.69 Å². The van der Waals surface area contributed by atoms with Crippen LogP contribution in [0.1, 0.15) is 16.1 Å². The Hall–Kier alpha value is -3.98. The van der Waals surface area contributed by atoms with Gasteiger partial charge in [-0.25, -0.2) is 9.18 Å². The lowest BCUT2D eigenvalue weighted by molar-refractivity contribution is -0.387. The number of aryl methyl sites for hydroxylation is 1. The molecule has 0 amide bonds. The monoisotopic (exact) mass is 449 g/mol. The summed E-state index contributed by atoms with van der Waals surface area (Å²) in [6, 6.07) is 20.4. The molecule has 0 radical (unpaired) electrons. The number of rotatable bonds is 6. The maximum absolute atomic E-state index is 13.6. The average Bonchev–Trinajstić information content (AvgIpc) is 3.09. The minimum Gasteiger partial charge on any atom is -0.402 e. The van der Waals surface area contributed by atoms with Crippen molar-refractivity contribution in [1.82, 2.24) is 9.78 Å². The van der Waals surface area contributed by atoms with E-state index < -0.39 is 16.7 Å². The van der Waals surface area contributed by atoms with Crippen molar-refractivity contribution in [1.29, 1.82) is 0 Å². The molecule has 1 aromatic heterocycles. The maximum atomic E-state index is 13.6. The van der Waals surface area contributed by atoms with Gasteiger partial charge in [-0.1, -0.05) is 48.2 Å². The molecule has 0 aliphatic carbocycles. The van der Waals surface area contributed by atoms with E-state index in [1.807, 2.05) is 6.07 Å². The van der Waals surface area contributed by atoms with Crippen LogP contribution in [0.2, 0.25) is 0 Å². The first kappa shape index (κ1) is 21.3. The van der Waals surface area contributed by atoms with Crippen molar-refractivity contribution in [2.45, 2.75) is 16.7 Å². The Morgan fingerprint density at radius 1 is 1.06 bits per heavy atom. The molecule has 1 heterocycles. The summed E-state index contributed by atoms with van der Waals surface area (Å²) in [5.41, 5.74) is 1.10. The zero-order chi connectivity index (χ0) is 22.7. The second kappa shape index (κ2) is 9.03. The number of aromatic nitrogens is 2. The Kier molecular flexibility index (Phi) is 6.00. The molecule has 0 fully saturated rings. The lowest BCUT2D eigenvalue weighted by atomic mass is 10.2. The van der Waals surface area contributed by atoms with Crippen LogP contribution in [0.4, 0.5) is 10.1 Å². The molecule has 4 aromatic rings. The summed E-state index contributed by atoms with van der Waals surface area (Å²) in [5.74, 6) is -1.25. The molecule has 160 valence electrons. The molecule has 0 atom stereocenters. The smallest absolute Gasteiger partial charge is 0.345 e. The van der Waals surface area contributed by atoms with Crippen LogP contribution in [0.15, 0.2) is 88.7 Å². The third kappa shape index (κ3) is 4.37. The molecule has 4 rings (SSSR count). The van der Waals surface area contributed by atoms with Gasteiger partial charge in [0.15, 0.2) is 0 Å². The van der Waals surface area contributed by atoms with E-state index in [9.17, 15) is 19.3 Å². The van der Waals surface area contributed by atoms with E-state index in [2.05, 4.69) is 5.10 Å². The number of nitro benzene ring substituents is 1. The minimum absolute atomic E-state index is 0.0325. The van der Waals surface area contributed by atoms with Gasteiger partial charge in [-0.2, -0.15) is 9.78 Å². The zero-order valence-corrected chi connectivity index (χ0v) is 17.6. The minimum atomic E-state index is -0.772. The molecule has 0 bridgehead atoms. The van der Waals surface area contributed by atoms with Crippen molar-refractivity contribution < 1.29 is 18.8 Å². The van der Waals surface area contributed by atoms with E-state index in [0.717, 1.165) is 17.8 Å². The first-order valence-corrected chi connectivity index (χ1v) is 10.3. The lowest BCUT2D eigenvalue weighted by Crippen LogP contribution is -2.12. The highest BCUT2D eigenvalue weighted by atomic mass is 32.2. The number of carbonyl (C=O) groups is 1. The van der Waals surface area contributed by atoms with Gasteiger partial charge in [0.1, 0.15) is 5.82 Å². The van der Waals surface area contributed by atoms with E-state index >= 15 is 0 Å². The number of esters is 1. The summed E-state index contributed by atoms with van der Waals surface area (Å²) in [7, 11) is 0. The molecular formula is C23H16FN3O4S. The van der Waals surface area contributed by atoms with E-state index in [0.29, 0.717) is 21.2 Å². The summed E-state index contributed by atoms with van der Waals surface area (Å²) < 4.78 is 20.7. The highest BCUT2D eigenvalue weighted by Gasteiger charge is 2.25. The van der Waals surface area contributed by atoms with Crippen molar-refractivity contribution in [2.75, 3.05) is 0 Å². The normalized spacial score (nSPS) is 10.7. The molecule has 0 spiro atoms. The number of hydrogen-bond donors (Lipinski definition) is 0. The first-order chi connectivity index (χ1) is 15.4. The predicted molar refractivity (Wildman–Crippen MR) is 117 cm³/mol. The highest BCUT2D eigenvalue weighted by Crippen LogP contribution is 2.42. The van der Waals surface area contributed by atoms with Crippen molar-refractivity contribution in [2.24, 2.45) is 0 Å². The van der Waals surface area contributed by atoms with E-state index in [4.69, 9.17) is 4.74 Å². The van der Waals surface area contributed by atoms with Gasteiger partial charge in [-0.15, -0.1) is 0 Å². The molecule has 32 heavy (non-hydrogen) atoms. The topological polar surface area (TPSA) is 87.3 Å². The summed E-state index contributed by atoms with van der Waals surface area (Å²) in [6.45, 7) is 1.72. The zero-order valence-electron chi connectivity index (χ0n) is 16.8. The quantitative estimate of drug-likeness (QED) is 0.216. The molecule has 0 saturated carbocycles. The van der Waals surface area contributed by atoms with Gasteiger partial charge >= 0.3 is 5.97 Å². The number of halogens is 1. The predicted octanol–water partition coefficient (Wildman–Crippen LogP) is 5.60. The third-order valence-electron chi connectivity index (χ3n) is 4.49. The lowest BCUT2D eigenvalue weighted by Gasteiger charge is -2.10. The Morgan fingerprint density at radius 2 is 1.78 bits per heavy atom. The Bertz CT molecular complexity index is 1310. The van der Waals surface area contributed by atoms with Gasteiger partial charge in [0.2, 0.25) is 5.88 Å². The van der Waals surface area contributed by atoms with Crippen LogP contribution in [0.5, 0.6) is 5.88 Å². The fraction of sp³-hybridized carbons (Fsp3) is 0.0435. The van der Waals surface area contributed by atoms with Crippen LogP contribution >= 0.6 is 11.8 Å². The number of para-hydroxylation sites is 2. The Balaban J connectivity index is 1.81. The fourth-order valence-electron chi connectivity index (χ4n) is 3.01. The molecule has 7 nitrogen and oxygen atoms in total. The summed E-state index contributed by atoms with van der Waals surface area (Å²) in [5, 5.41) is 15.9. The van der Waals surface area contributed by atoms with Crippen molar-refractivity contribution in [3.63, 3.8) is 0 Å². The maximum Gasteiger partial charge on any atom is 0.345 e. The highest BCUT2D eigenvalue weighted by molar-refractivity contribution is 7.99. The molecule has 0 aliphatic rings. The average molecular weight is 449 g/mol. The van der Waals surface area contributed by atoms with E-state index in [1.54, 1.807) is 49.4 Å². The fourth-order valence-corrected chi connectivity index (χ4v) is 4.03. The van der Waals surface area contributed by atoms with Gasteiger partial charge in [-0.05, 0) is 43.3 Å². The number of nitrogens with zero attached hydrogens (tertiary/aromatic N) is 3. The van der Waals surface area contributed by atoms with Crippen LogP contribution in [0.3, 0.4) is 0 Å². The Labute approximate surface area is 186 Å². The van der Waals surface area contributed by atoms with Crippen LogP contribution < -0.4 is 4.74 Å². The number of ether oxygens (including phenoxy) is 1. The molecule has 0 saturated heterocycles. The molecular weight excluding hydrogens is 433 g/mol. The van der Waals surface area contributed by atoms with Crippen molar-refractivity contribution in [3.8, 4) is 11.6 Å². The Morgan fingerprint density at radius 3 is 2.50 bits per heavy atom. The number of carbonyl (C=O) groups excluding carboxylic acids is 1. The number of benzene rings is 3. The van der Waals surface area contributed by atoms with E-state index in [-0.39, 0.29) is 17.1 Å². The van der Waals surface area contributed by atoms with Crippen molar-refractivity contribution >= 4 is 23.4 Å². The van der Waals surface area contributed by atoms with Crippen LogP contribution in [0, 0.1) is 22.9 Å². The number of nitro groups is 1. The van der Waals surface area contributed by atoms with Crippen LogP contribution in [-0.2, 0) is 0 Å². The standard InChI is InChI=1S/C23H16FN3O4S/c1-15-21(32-20-13-6-5-12-19(20)27(29)30)22(26(25-15)18-10-3-2-4-11-18)31-23(28)16-8-7-9-17(24)14-16/h2-14H,1H3. The summed E-state index contributed by atoms with van der Waals surface area (Å²) in [4.78, 5) is 24.6. The SMILES string of the molecule is Cc1nn(-c2ccccc2)c(OC(=O)c2cccc(F)c2)c1Sc1ccccc1[N+](=O)[O-]. The molecule has 0 aliphatic heterocycles. The second-order valence-corrected chi connectivity index (χ2v) is 7.75. The molecule has 0 unspecified atom stereocenters. The molecule has 9 heteroatoms. The second-order valence-electron chi connectivity index (χ2n) is 6.69. The number of hydrogen-bond acceptors (Lipinski definition) is 6. The summed E-state index contributed by atoms with van der Waals surface area (Å²) >= 11 is 1.08. The summed E-state index contributed by atoms with van der Waals surface area (Å²) in [6.07, 6.45) is 0. The molecule has 3 aromatic carbocycles. The first-order valence-electron chi connectivity index (χ1n) is 9.48. The molecule has 0 N–H and O–H groups in total.